The molecular formula is C38H65ClN4O4S2. The third-order valence-corrected chi connectivity index (χ3v) is 11.0. The topological polar surface area (TPSA) is 130 Å². The second kappa shape index (κ2) is 26.7. The fourth-order valence-corrected chi connectivity index (χ4v) is 4.70. The summed E-state index contributed by atoms with van der Waals surface area (Å²) in [7, 11) is 2.98. The van der Waals surface area contributed by atoms with Gasteiger partial charge in [0.05, 0.1) is 20.5 Å². The molecule has 0 spiro atoms. The number of amides is 2. The summed E-state index contributed by atoms with van der Waals surface area (Å²) in [5.74, 6) is 0.109. The highest BCUT2D eigenvalue weighted by atomic mass is 35.7. The van der Waals surface area contributed by atoms with Gasteiger partial charge in [-0.2, -0.15) is 0 Å². The number of anilines is 2. The standard InChI is InChI=1S/C19H32N2O2S.C15H24N2O.C4H9ClOS/c1-5-6-9-16-11-13-17(14-12-16)21-18(22)10-7-8-15-20-24(23)19(2,3)4;1-2-3-6-13-8-10-14(11-9-13)17-15(18)7-4-5-12-16;1-4(2,3)7(5)6/h11-14,20H,5-10,15H2,1-4H3,(H,21,22);8-11H,2-7,12,16H2,1H3,(H,17,18);1-3H3. The van der Waals surface area contributed by atoms with Crippen molar-refractivity contribution in [3.05, 3.63) is 59.7 Å². The SMILES string of the molecule is CC(C)(C)S(=O)Cl.CCCCc1ccc(NC(=O)CCCCN)cc1.CCCCc1ccc(NC(=O)CCCCNS(=O)C(C)(C)C)cc1. The van der Waals surface area contributed by atoms with Crippen LogP contribution in [0.2, 0.25) is 0 Å². The molecular weight excluding hydrogens is 676 g/mol. The van der Waals surface area contributed by atoms with Crippen LogP contribution in [-0.2, 0) is 43.4 Å². The maximum Gasteiger partial charge on any atom is 0.224 e. The molecule has 0 aliphatic rings. The van der Waals surface area contributed by atoms with Crippen LogP contribution in [0.15, 0.2) is 48.5 Å². The number of halogens is 1. The lowest BCUT2D eigenvalue weighted by atomic mass is 10.1. The quantitative estimate of drug-likeness (QED) is 0.0896. The molecule has 2 unspecified atom stereocenters. The Morgan fingerprint density at radius 3 is 1.37 bits per heavy atom. The first kappa shape index (κ1) is 46.9. The number of nitrogens with two attached hydrogens (primary N) is 1. The molecule has 0 aromatic heterocycles. The van der Waals surface area contributed by atoms with Gasteiger partial charge in [-0.05, 0) is 146 Å². The van der Waals surface area contributed by atoms with Gasteiger partial charge in [0.15, 0.2) is 0 Å². The predicted molar refractivity (Wildman–Crippen MR) is 214 cm³/mol. The van der Waals surface area contributed by atoms with Crippen LogP contribution in [-0.4, -0.2) is 42.8 Å². The van der Waals surface area contributed by atoms with E-state index < -0.39 is 21.0 Å². The van der Waals surface area contributed by atoms with Crippen molar-refractivity contribution in [2.75, 3.05) is 23.7 Å². The van der Waals surface area contributed by atoms with Gasteiger partial charge in [-0.3, -0.25) is 9.59 Å². The zero-order valence-corrected chi connectivity index (χ0v) is 33.8. The number of benzene rings is 2. The maximum atomic E-state index is 11.9. The van der Waals surface area contributed by atoms with Crippen molar-refractivity contribution in [3.63, 3.8) is 0 Å². The first-order chi connectivity index (χ1) is 23.0. The van der Waals surface area contributed by atoms with Gasteiger partial charge in [0.2, 0.25) is 11.8 Å². The van der Waals surface area contributed by atoms with E-state index in [1.54, 1.807) is 0 Å². The molecule has 0 aliphatic heterocycles. The Morgan fingerprint density at radius 1 is 0.653 bits per heavy atom. The van der Waals surface area contributed by atoms with E-state index in [0.717, 1.165) is 49.9 Å². The average molecular weight is 742 g/mol. The molecule has 0 saturated heterocycles. The lowest BCUT2D eigenvalue weighted by molar-refractivity contribution is -0.117. The molecule has 0 aliphatic carbocycles. The zero-order chi connectivity index (χ0) is 37.3. The number of nitrogens with one attached hydrogen (secondary N) is 3. The minimum absolute atomic E-state index is 0.0354. The van der Waals surface area contributed by atoms with E-state index in [4.69, 9.17) is 16.4 Å². The van der Waals surface area contributed by atoms with E-state index in [9.17, 15) is 18.0 Å². The van der Waals surface area contributed by atoms with E-state index in [0.29, 0.717) is 25.9 Å². The largest absolute Gasteiger partial charge is 0.330 e. The van der Waals surface area contributed by atoms with Crippen LogP contribution in [0.1, 0.15) is 131 Å². The third-order valence-electron chi connectivity index (χ3n) is 7.07. The van der Waals surface area contributed by atoms with Crippen LogP contribution in [0.4, 0.5) is 11.4 Å². The fourth-order valence-electron chi connectivity index (χ4n) is 3.94. The zero-order valence-electron chi connectivity index (χ0n) is 31.4. The molecule has 280 valence electrons. The van der Waals surface area contributed by atoms with Crippen LogP contribution in [0, 0.1) is 0 Å². The molecule has 0 heterocycles. The highest BCUT2D eigenvalue weighted by Crippen LogP contribution is 2.15. The molecule has 0 saturated carbocycles. The average Bonchev–Trinajstić information content (AvgIpc) is 3.03. The number of carbonyl (C=O) groups excluding carboxylic acids is 2. The summed E-state index contributed by atoms with van der Waals surface area (Å²) < 4.78 is 24.7. The van der Waals surface area contributed by atoms with Crippen LogP contribution in [0.25, 0.3) is 0 Å². The van der Waals surface area contributed by atoms with Crippen molar-refractivity contribution in [2.45, 2.75) is 142 Å². The Morgan fingerprint density at radius 2 is 1.04 bits per heavy atom. The Labute approximate surface area is 307 Å². The number of rotatable bonds is 18. The van der Waals surface area contributed by atoms with Gasteiger partial charge in [-0.15, -0.1) is 0 Å². The first-order valence-corrected chi connectivity index (χ1v) is 20.9. The third kappa shape index (κ3) is 25.5. The number of aryl methyl sites for hydroxylation is 2. The highest BCUT2D eigenvalue weighted by Gasteiger charge is 2.18. The van der Waals surface area contributed by atoms with E-state index in [1.165, 1.54) is 36.8 Å². The van der Waals surface area contributed by atoms with E-state index in [1.807, 2.05) is 65.8 Å². The summed E-state index contributed by atoms with van der Waals surface area (Å²) in [5.41, 5.74) is 9.77. The lowest BCUT2D eigenvalue weighted by Gasteiger charge is -2.17. The van der Waals surface area contributed by atoms with Gasteiger partial charge >= 0.3 is 0 Å². The smallest absolute Gasteiger partial charge is 0.224 e. The first-order valence-electron chi connectivity index (χ1n) is 17.7. The van der Waals surface area contributed by atoms with Crippen molar-refractivity contribution in [1.82, 2.24) is 4.72 Å². The summed E-state index contributed by atoms with van der Waals surface area (Å²) in [4.78, 5) is 23.5. The number of carbonyl (C=O) groups is 2. The number of hydrogen-bond acceptors (Lipinski definition) is 5. The summed E-state index contributed by atoms with van der Waals surface area (Å²) in [5, 5.41) is 5.83. The molecule has 2 aromatic carbocycles. The van der Waals surface area contributed by atoms with Crippen molar-refractivity contribution >= 4 is 54.9 Å². The molecule has 2 amide bonds. The van der Waals surface area contributed by atoms with Gasteiger partial charge < -0.3 is 16.4 Å². The molecule has 11 heteroatoms. The monoisotopic (exact) mass is 740 g/mol. The summed E-state index contributed by atoms with van der Waals surface area (Å²) >= 11 is 0. The van der Waals surface area contributed by atoms with Crippen LogP contribution < -0.4 is 21.1 Å². The normalized spacial score (nSPS) is 12.4. The second-order valence-corrected chi connectivity index (χ2v) is 18.6. The van der Waals surface area contributed by atoms with Crippen molar-refractivity contribution in [2.24, 2.45) is 5.73 Å². The summed E-state index contributed by atoms with van der Waals surface area (Å²) in [6.45, 7) is 17.0. The van der Waals surface area contributed by atoms with E-state index in [-0.39, 0.29) is 21.3 Å². The molecule has 0 fully saturated rings. The number of hydrogen-bond donors (Lipinski definition) is 4. The van der Waals surface area contributed by atoms with Gasteiger partial charge in [0.1, 0.15) is 10.0 Å². The molecule has 5 N–H and O–H groups in total. The maximum absolute atomic E-state index is 11.9. The van der Waals surface area contributed by atoms with Gasteiger partial charge in [0, 0.05) is 30.8 Å². The predicted octanol–water partition coefficient (Wildman–Crippen LogP) is 8.97. The molecule has 2 rings (SSSR count). The molecule has 0 radical (unpaired) electrons. The lowest BCUT2D eigenvalue weighted by Crippen LogP contribution is -2.33. The van der Waals surface area contributed by atoms with Gasteiger partial charge in [-0.1, -0.05) is 51.0 Å². The summed E-state index contributed by atoms with van der Waals surface area (Å²) in [6, 6.07) is 16.2. The van der Waals surface area contributed by atoms with E-state index in [2.05, 4.69) is 53.5 Å². The summed E-state index contributed by atoms with van der Waals surface area (Å²) in [6.07, 6.45) is 11.4. The Hall–Kier alpha value is -2.11. The minimum Gasteiger partial charge on any atom is -0.330 e. The minimum atomic E-state index is -1.21. The Kier molecular flexibility index (Phi) is 25.5. The molecule has 0 bridgehead atoms. The van der Waals surface area contributed by atoms with Gasteiger partial charge in [-0.25, -0.2) is 13.1 Å². The second-order valence-electron chi connectivity index (χ2n) is 14.0. The highest BCUT2D eigenvalue weighted by molar-refractivity contribution is 8.09. The van der Waals surface area contributed by atoms with E-state index >= 15 is 0 Å². The Bertz CT molecular complexity index is 1230. The molecule has 49 heavy (non-hydrogen) atoms. The van der Waals surface area contributed by atoms with Crippen LogP contribution >= 0.6 is 10.7 Å². The van der Waals surface area contributed by atoms with Crippen LogP contribution in [0.5, 0.6) is 0 Å². The van der Waals surface area contributed by atoms with Gasteiger partial charge in [0.25, 0.3) is 0 Å². The molecule has 8 nitrogen and oxygen atoms in total. The molecule has 2 atom stereocenters. The van der Waals surface area contributed by atoms with Crippen molar-refractivity contribution < 1.29 is 18.0 Å². The van der Waals surface area contributed by atoms with Crippen LogP contribution in [0.3, 0.4) is 0 Å². The van der Waals surface area contributed by atoms with Crippen molar-refractivity contribution in [3.8, 4) is 0 Å². The fraction of sp³-hybridized carbons (Fsp3) is 0.632. The number of unbranched alkanes of at least 4 members (excludes halogenated alkanes) is 4. The molecule has 2 aromatic rings. The van der Waals surface area contributed by atoms with Crippen molar-refractivity contribution in [1.29, 1.82) is 0 Å². The Balaban J connectivity index is 0.000000808.